The fourth-order valence-electron chi connectivity index (χ4n) is 5.87. The highest BCUT2D eigenvalue weighted by atomic mass is 14.0. The van der Waals surface area contributed by atoms with Gasteiger partial charge in [0.1, 0.15) is 0 Å². The van der Waals surface area contributed by atoms with Crippen LogP contribution >= 0.6 is 0 Å². The summed E-state index contributed by atoms with van der Waals surface area (Å²) in [5.74, 6) is 0. The molecule has 0 unspecified atom stereocenters. The Balaban J connectivity index is -0.000000203. The first-order valence-electron chi connectivity index (χ1n) is 20.3. The summed E-state index contributed by atoms with van der Waals surface area (Å²) in [5, 5.41) is 0. The molecule has 0 aromatic heterocycles. The van der Waals surface area contributed by atoms with Crippen molar-refractivity contribution in [3.63, 3.8) is 0 Å². The standard InChI is InChI=1S/3C10H14.2C9H12.C8H10.5CH4/c1-7-5-9(3)10(4)6-8(7)2;1-7-5-8(2)10(4)9(3)6-7;1-7-5-6-8(2)10(4)9(7)3;2*1-7-4-5-8(2)9(3)6-7;1-7-3-5-8(2)6-4-7;;;;;/h3*5-6H,1-4H3;2*4-6H,1-3H3;3-6H,1-2H3;5*1H4. The number of hydrogen-bond donors (Lipinski definition) is 0. The van der Waals surface area contributed by atoms with Gasteiger partial charge in [-0.25, -0.2) is 0 Å². The van der Waals surface area contributed by atoms with Crippen molar-refractivity contribution in [1.29, 1.82) is 0 Å². The van der Waals surface area contributed by atoms with Crippen LogP contribution in [0.15, 0.2) is 97.1 Å². The predicted molar refractivity (Wildman–Crippen MR) is 287 cm³/mol. The summed E-state index contributed by atoms with van der Waals surface area (Å²) in [7, 11) is 0. The molecule has 0 aliphatic heterocycles. The van der Waals surface area contributed by atoms with Gasteiger partial charge in [-0.05, 0) is 222 Å². The van der Waals surface area contributed by atoms with E-state index in [-0.39, 0.29) is 37.1 Å². The number of hydrogen-bond acceptors (Lipinski definition) is 0. The molecule has 0 aliphatic rings. The van der Waals surface area contributed by atoms with E-state index in [1.165, 1.54) is 111 Å². The van der Waals surface area contributed by atoms with Crippen molar-refractivity contribution < 1.29 is 0 Å². The lowest BCUT2D eigenvalue weighted by atomic mass is 10.0. The molecule has 0 radical (unpaired) electrons. The summed E-state index contributed by atoms with van der Waals surface area (Å²) < 4.78 is 0. The molecule has 0 nitrogen and oxygen atoms in total. The largest absolute Gasteiger partial charge is 0.0776 e. The van der Waals surface area contributed by atoms with E-state index in [1.54, 1.807) is 0 Å². The van der Waals surface area contributed by atoms with Crippen LogP contribution in [0.2, 0.25) is 0 Å². The molecule has 61 heavy (non-hydrogen) atoms. The second-order valence-corrected chi connectivity index (χ2v) is 16.3. The highest BCUT2D eigenvalue weighted by Gasteiger charge is 1.98. The minimum absolute atomic E-state index is 0. The molecular weight excluding hydrogens is 733 g/mol. The zero-order valence-corrected chi connectivity index (χ0v) is 39.2. The Labute approximate surface area is 382 Å². The van der Waals surface area contributed by atoms with E-state index in [2.05, 4.69) is 236 Å². The number of rotatable bonds is 0. The first kappa shape index (κ1) is 65.4. The van der Waals surface area contributed by atoms with Crippen LogP contribution in [0.25, 0.3) is 0 Å². The van der Waals surface area contributed by atoms with Crippen LogP contribution in [0.5, 0.6) is 0 Å². The van der Waals surface area contributed by atoms with Crippen LogP contribution in [-0.2, 0) is 0 Å². The van der Waals surface area contributed by atoms with Gasteiger partial charge in [0.15, 0.2) is 0 Å². The average Bonchev–Trinajstić information content (AvgIpc) is 3.13. The summed E-state index contributed by atoms with van der Waals surface area (Å²) in [6.07, 6.45) is 0. The predicted octanol–water partition coefficient (Wildman–Crippen LogP) is 19.5. The molecule has 0 heteroatoms. The normalized spacial score (nSPS) is 8.98. The maximum atomic E-state index is 2.24. The molecule has 0 aliphatic carbocycles. The van der Waals surface area contributed by atoms with Gasteiger partial charge in [0.05, 0.1) is 0 Å². The fourth-order valence-corrected chi connectivity index (χ4v) is 5.87. The third-order valence-corrected chi connectivity index (χ3v) is 11.1. The van der Waals surface area contributed by atoms with Gasteiger partial charge in [-0.15, -0.1) is 0 Å². The van der Waals surface area contributed by atoms with Gasteiger partial charge in [0.2, 0.25) is 0 Å². The SMILES string of the molecule is C.C.C.C.C.Cc1cc(C)c(C)c(C)c1.Cc1cc(C)c(C)cc1C.Cc1ccc(C)c(C)c1.Cc1ccc(C)c(C)c1.Cc1ccc(C)c(C)c1C.Cc1ccc(C)cc1. The molecule has 340 valence electrons. The molecule has 6 aromatic rings. The van der Waals surface area contributed by atoms with Gasteiger partial charge in [-0.2, -0.15) is 0 Å². The molecule has 0 fully saturated rings. The molecule has 0 N–H and O–H groups in total. The van der Waals surface area contributed by atoms with Crippen LogP contribution < -0.4 is 0 Å². The van der Waals surface area contributed by atoms with E-state index < -0.39 is 0 Å². The molecule has 0 saturated heterocycles. The molecular formula is C61H96. The van der Waals surface area contributed by atoms with Crippen molar-refractivity contribution in [2.45, 2.75) is 176 Å². The molecule has 6 rings (SSSR count). The highest BCUT2D eigenvalue weighted by molar-refractivity contribution is 5.38. The molecule has 0 atom stereocenters. The Kier molecular flexibility index (Phi) is 34.4. The van der Waals surface area contributed by atoms with E-state index >= 15 is 0 Å². The maximum Gasteiger partial charge on any atom is -0.0392 e. The topological polar surface area (TPSA) is 0 Å². The van der Waals surface area contributed by atoms with E-state index in [4.69, 9.17) is 0 Å². The number of benzene rings is 6. The van der Waals surface area contributed by atoms with Gasteiger partial charge in [-0.1, -0.05) is 162 Å². The third kappa shape index (κ3) is 24.4. The minimum atomic E-state index is 0. The van der Waals surface area contributed by atoms with Crippen LogP contribution in [0.4, 0.5) is 0 Å². The van der Waals surface area contributed by atoms with Crippen molar-refractivity contribution in [3.8, 4) is 0 Å². The Morgan fingerprint density at radius 3 is 0.623 bits per heavy atom. The molecule has 0 saturated carbocycles. The van der Waals surface area contributed by atoms with Crippen molar-refractivity contribution in [3.05, 3.63) is 208 Å². The zero-order chi connectivity index (χ0) is 42.9. The Morgan fingerprint density at radius 1 is 0.164 bits per heavy atom. The van der Waals surface area contributed by atoms with Crippen molar-refractivity contribution in [2.75, 3.05) is 0 Å². The summed E-state index contributed by atoms with van der Waals surface area (Å²) >= 11 is 0. The summed E-state index contributed by atoms with van der Waals surface area (Å²) in [6.45, 7) is 42.9. The third-order valence-electron chi connectivity index (χ3n) is 11.1. The van der Waals surface area contributed by atoms with E-state index in [9.17, 15) is 0 Å². The van der Waals surface area contributed by atoms with Gasteiger partial charge in [-0.3, -0.25) is 0 Å². The maximum absolute atomic E-state index is 2.24. The van der Waals surface area contributed by atoms with Gasteiger partial charge in [0.25, 0.3) is 0 Å². The van der Waals surface area contributed by atoms with Crippen molar-refractivity contribution in [2.24, 2.45) is 0 Å². The second kappa shape index (κ2) is 32.1. The summed E-state index contributed by atoms with van der Waals surface area (Å²) in [5.41, 5.74) is 27.7. The number of aryl methyl sites for hydroxylation is 17. The first-order chi connectivity index (χ1) is 26.0. The van der Waals surface area contributed by atoms with E-state index in [0.717, 1.165) is 0 Å². The molecule has 0 amide bonds. The molecule has 0 bridgehead atoms. The van der Waals surface area contributed by atoms with Crippen molar-refractivity contribution in [1.82, 2.24) is 0 Å². The zero-order valence-electron chi connectivity index (χ0n) is 39.2. The van der Waals surface area contributed by atoms with Crippen LogP contribution in [0.1, 0.15) is 148 Å². The summed E-state index contributed by atoms with van der Waals surface area (Å²) in [4.78, 5) is 0. The minimum Gasteiger partial charge on any atom is -0.0776 e. The smallest absolute Gasteiger partial charge is 0.0392 e. The Bertz CT molecular complexity index is 1950. The lowest BCUT2D eigenvalue weighted by Gasteiger charge is -2.06. The first-order valence-corrected chi connectivity index (χ1v) is 20.3. The fraction of sp³-hybridized carbons (Fsp3) is 0.410. The molecule has 6 aromatic carbocycles. The lowest BCUT2D eigenvalue weighted by Crippen LogP contribution is -1.88. The van der Waals surface area contributed by atoms with Crippen molar-refractivity contribution >= 4 is 0 Å². The van der Waals surface area contributed by atoms with Crippen LogP contribution in [0, 0.1) is 138 Å². The molecule has 0 heterocycles. The van der Waals surface area contributed by atoms with Crippen LogP contribution in [0.3, 0.4) is 0 Å². The second-order valence-electron chi connectivity index (χ2n) is 16.3. The highest BCUT2D eigenvalue weighted by Crippen LogP contribution is 2.16. The quantitative estimate of drug-likeness (QED) is 0.143. The molecule has 0 spiro atoms. The van der Waals surface area contributed by atoms with Gasteiger partial charge < -0.3 is 0 Å². The monoisotopic (exact) mass is 829 g/mol. The van der Waals surface area contributed by atoms with E-state index in [1.807, 2.05) is 0 Å². The van der Waals surface area contributed by atoms with Crippen LogP contribution in [-0.4, -0.2) is 0 Å². The average molecular weight is 829 g/mol. The Hall–Kier alpha value is -4.68. The Morgan fingerprint density at radius 2 is 0.377 bits per heavy atom. The lowest BCUT2D eigenvalue weighted by molar-refractivity contribution is 1.22. The van der Waals surface area contributed by atoms with E-state index in [0.29, 0.717) is 0 Å². The summed E-state index contributed by atoms with van der Waals surface area (Å²) in [6, 6.07) is 34.8. The van der Waals surface area contributed by atoms with Gasteiger partial charge >= 0.3 is 0 Å². The van der Waals surface area contributed by atoms with Gasteiger partial charge in [0, 0.05) is 0 Å².